The third-order valence-corrected chi connectivity index (χ3v) is 6.78. The van der Waals surface area contributed by atoms with Crippen molar-refractivity contribution >= 4 is 39.2 Å². The number of thiophene rings is 1. The summed E-state index contributed by atoms with van der Waals surface area (Å²) in [4.78, 5) is 34.7. The number of hydrogen-bond acceptors (Lipinski definition) is 5. The van der Waals surface area contributed by atoms with E-state index in [0.29, 0.717) is 5.82 Å². The van der Waals surface area contributed by atoms with Gasteiger partial charge in [0.1, 0.15) is 10.7 Å². The molecule has 5 nitrogen and oxygen atoms in total. The van der Waals surface area contributed by atoms with Gasteiger partial charge < -0.3 is 9.88 Å². The molecule has 2 aromatic heterocycles. The van der Waals surface area contributed by atoms with E-state index in [1.165, 1.54) is 4.21 Å². The second kappa shape index (κ2) is 5.70. The molecule has 2 aliphatic heterocycles. The van der Waals surface area contributed by atoms with Crippen molar-refractivity contribution in [3.63, 3.8) is 0 Å². The third-order valence-electron chi connectivity index (χ3n) is 4.25. The molecule has 1 amide bonds. The van der Waals surface area contributed by atoms with E-state index in [1.54, 1.807) is 11.3 Å². The molecule has 22 heavy (non-hydrogen) atoms. The number of nitrogens with zero attached hydrogens (tertiary/aromatic N) is 2. The van der Waals surface area contributed by atoms with Gasteiger partial charge in [-0.15, -0.1) is 23.1 Å². The molecular formula is C15H17N3O2S2. The van der Waals surface area contributed by atoms with Crippen LogP contribution in [0.25, 0.3) is 10.2 Å². The number of rotatable bonds is 2. The predicted octanol–water partition coefficient (Wildman–Crippen LogP) is 2.19. The predicted molar refractivity (Wildman–Crippen MR) is 88.8 cm³/mol. The molecule has 0 atom stereocenters. The second-order valence-corrected chi connectivity index (χ2v) is 8.14. The Kier molecular flexibility index (Phi) is 3.69. The fourth-order valence-electron chi connectivity index (χ4n) is 3.15. The van der Waals surface area contributed by atoms with Crippen molar-refractivity contribution in [1.29, 1.82) is 0 Å². The minimum Gasteiger partial charge on any atom is -0.342 e. The van der Waals surface area contributed by atoms with Crippen molar-refractivity contribution in [2.24, 2.45) is 0 Å². The molecule has 116 valence electrons. The number of thioether (sulfide) groups is 1. The van der Waals surface area contributed by atoms with E-state index in [9.17, 15) is 9.59 Å². The van der Waals surface area contributed by atoms with Gasteiger partial charge in [0.15, 0.2) is 0 Å². The van der Waals surface area contributed by atoms with Crippen LogP contribution >= 0.6 is 23.1 Å². The van der Waals surface area contributed by atoms with Crippen molar-refractivity contribution in [2.75, 3.05) is 18.8 Å². The van der Waals surface area contributed by atoms with Gasteiger partial charge in [0.2, 0.25) is 5.91 Å². The number of hydrogen-bond donors (Lipinski definition) is 1. The van der Waals surface area contributed by atoms with Crippen LogP contribution in [-0.4, -0.2) is 39.6 Å². The van der Waals surface area contributed by atoms with Crippen molar-refractivity contribution in [3.8, 4) is 0 Å². The molecule has 2 aromatic rings. The molecule has 0 aliphatic carbocycles. The van der Waals surface area contributed by atoms with E-state index in [1.807, 2.05) is 16.7 Å². The molecule has 1 saturated heterocycles. The summed E-state index contributed by atoms with van der Waals surface area (Å²) in [6, 6.07) is 0. The fourth-order valence-corrected chi connectivity index (χ4v) is 5.70. The molecule has 0 bridgehead atoms. The topological polar surface area (TPSA) is 66.1 Å². The van der Waals surface area contributed by atoms with Gasteiger partial charge in [0.25, 0.3) is 5.56 Å². The molecule has 0 aromatic carbocycles. The Labute approximate surface area is 136 Å². The summed E-state index contributed by atoms with van der Waals surface area (Å²) in [5.74, 6) is 1.67. The number of H-pyrrole nitrogens is 1. The summed E-state index contributed by atoms with van der Waals surface area (Å²) >= 11 is 3.41. The Morgan fingerprint density at radius 1 is 1.27 bits per heavy atom. The molecule has 1 N–H and O–H groups in total. The zero-order valence-corrected chi connectivity index (χ0v) is 13.8. The highest BCUT2D eigenvalue weighted by molar-refractivity contribution is 8.01. The quantitative estimate of drug-likeness (QED) is 0.913. The molecule has 4 heterocycles. The van der Waals surface area contributed by atoms with Crippen LogP contribution in [0.15, 0.2) is 9.00 Å². The summed E-state index contributed by atoms with van der Waals surface area (Å²) in [5, 5.41) is 0.740. The van der Waals surface area contributed by atoms with Gasteiger partial charge in [0.05, 0.1) is 16.0 Å². The van der Waals surface area contributed by atoms with Crippen LogP contribution < -0.4 is 5.56 Å². The van der Waals surface area contributed by atoms with Crippen LogP contribution in [0.2, 0.25) is 0 Å². The van der Waals surface area contributed by atoms with Gasteiger partial charge in [-0.3, -0.25) is 9.59 Å². The Morgan fingerprint density at radius 3 is 2.91 bits per heavy atom. The van der Waals surface area contributed by atoms with Crippen molar-refractivity contribution < 1.29 is 4.79 Å². The first-order valence-corrected chi connectivity index (χ1v) is 9.48. The van der Waals surface area contributed by atoms with E-state index >= 15 is 0 Å². The van der Waals surface area contributed by atoms with Crippen molar-refractivity contribution in [2.45, 2.75) is 36.3 Å². The van der Waals surface area contributed by atoms with E-state index in [2.05, 4.69) is 9.97 Å². The number of aromatic nitrogens is 2. The minimum absolute atomic E-state index is 0.0655. The van der Waals surface area contributed by atoms with Crippen LogP contribution in [-0.2, 0) is 17.6 Å². The highest BCUT2D eigenvalue weighted by Gasteiger charge is 2.22. The molecular weight excluding hydrogens is 318 g/mol. The van der Waals surface area contributed by atoms with E-state index < -0.39 is 0 Å². The number of amides is 1. The zero-order chi connectivity index (χ0) is 15.1. The molecule has 0 spiro atoms. The number of carbonyl (C=O) groups is 1. The largest absolute Gasteiger partial charge is 0.342 e. The highest BCUT2D eigenvalue weighted by Crippen LogP contribution is 2.39. The monoisotopic (exact) mass is 335 g/mol. The maximum Gasteiger partial charge on any atom is 0.259 e. The standard InChI is InChI=1S/C15H17N3O2S2/c19-11(18-5-1-2-6-18)8-10-16-13(20)12-9-4-3-7-21-15(9)22-14(12)17-10/h1-8H2,(H,16,17,20). The van der Waals surface area contributed by atoms with Crippen LogP contribution in [0.4, 0.5) is 0 Å². The van der Waals surface area contributed by atoms with E-state index in [4.69, 9.17) is 0 Å². The number of nitrogens with one attached hydrogen (secondary N) is 1. The third kappa shape index (κ3) is 2.46. The number of aromatic amines is 1. The summed E-state index contributed by atoms with van der Waals surface area (Å²) in [6.07, 6.45) is 4.41. The van der Waals surface area contributed by atoms with Crippen LogP contribution in [0.3, 0.4) is 0 Å². The fraction of sp³-hybridized carbons (Fsp3) is 0.533. The van der Waals surface area contributed by atoms with Gasteiger partial charge in [-0.25, -0.2) is 4.98 Å². The highest BCUT2D eigenvalue weighted by atomic mass is 32.2. The number of carbonyl (C=O) groups excluding carboxylic acids is 1. The first kappa shape index (κ1) is 14.3. The SMILES string of the molecule is O=C(Cc1nc2sc3c(c2c(=O)[nH]1)CCCS3)N1CCCC1. The lowest BCUT2D eigenvalue weighted by atomic mass is 10.1. The maximum atomic E-state index is 12.4. The maximum absolute atomic E-state index is 12.4. The molecule has 1 fully saturated rings. The molecule has 0 saturated carbocycles. The summed E-state index contributed by atoms with van der Waals surface area (Å²) in [7, 11) is 0. The number of likely N-dealkylation sites (tertiary alicyclic amines) is 1. The molecule has 4 rings (SSSR count). The Morgan fingerprint density at radius 2 is 2.09 bits per heavy atom. The molecule has 2 aliphatic rings. The van der Waals surface area contributed by atoms with Crippen molar-refractivity contribution in [1.82, 2.24) is 14.9 Å². The lowest BCUT2D eigenvalue weighted by Crippen LogP contribution is -2.30. The van der Waals surface area contributed by atoms with E-state index in [-0.39, 0.29) is 17.9 Å². The van der Waals surface area contributed by atoms with Gasteiger partial charge in [-0.2, -0.15) is 0 Å². The van der Waals surface area contributed by atoms with Gasteiger partial charge in [-0.05, 0) is 37.0 Å². The Balaban J connectivity index is 1.68. The minimum atomic E-state index is -0.0887. The lowest BCUT2D eigenvalue weighted by Gasteiger charge is -2.14. The first-order valence-electron chi connectivity index (χ1n) is 7.67. The van der Waals surface area contributed by atoms with Gasteiger partial charge >= 0.3 is 0 Å². The number of fused-ring (bicyclic) bond motifs is 3. The summed E-state index contributed by atoms with van der Waals surface area (Å²) in [5.41, 5.74) is 1.07. The second-order valence-electron chi connectivity index (χ2n) is 5.78. The molecule has 0 unspecified atom stereocenters. The van der Waals surface area contributed by atoms with Crippen LogP contribution in [0.1, 0.15) is 30.7 Å². The lowest BCUT2D eigenvalue weighted by molar-refractivity contribution is -0.129. The summed E-state index contributed by atoms with van der Waals surface area (Å²) < 4.78 is 1.22. The molecule has 7 heteroatoms. The molecule has 0 radical (unpaired) electrons. The smallest absolute Gasteiger partial charge is 0.259 e. The summed E-state index contributed by atoms with van der Waals surface area (Å²) in [6.45, 7) is 1.66. The Bertz CT molecular complexity index is 790. The van der Waals surface area contributed by atoms with Crippen molar-refractivity contribution in [3.05, 3.63) is 21.7 Å². The zero-order valence-electron chi connectivity index (χ0n) is 12.2. The average Bonchev–Trinajstić information content (AvgIpc) is 3.14. The normalized spacial score (nSPS) is 17.9. The Hall–Kier alpha value is -1.34. The van der Waals surface area contributed by atoms with Gasteiger partial charge in [0, 0.05) is 13.1 Å². The van der Waals surface area contributed by atoms with Gasteiger partial charge in [-0.1, -0.05) is 0 Å². The van der Waals surface area contributed by atoms with Crippen LogP contribution in [0.5, 0.6) is 0 Å². The number of aryl methyl sites for hydroxylation is 1. The van der Waals surface area contributed by atoms with E-state index in [0.717, 1.165) is 60.3 Å². The first-order chi connectivity index (χ1) is 10.7. The average molecular weight is 335 g/mol. The van der Waals surface area contributed by atoms with Crippen LogP contribution in [0, 0.1) is 0 Å².